The van der Waals surface area contributed by atoms with E-state index in [4.69, 9.17) is 15.2 Å². The van der Waals surface area contributed by atoms with Gasteiger partial charge in [0.05, 0.1) is 12.7 Å². The quantitative estimate of drug-likeness (QED) is 0.693. The summed E-state index contributed by atoms with van der Waals surface area (Å²) < 4.78 is 10.5. The highest BCUT2D eigenvalue weighted by molar-refractivity contribution is 5.66. The molecule has 0 unspecified atom stereocenters. The van der Waals surface area contributed by atoms with Crippen molar-refractivity contribution in [2.75, 3.05) is 19.8 Å². The molecule has 1 rings (SSSR count). The summed E-state index contributed by atoms with van der Waals surface area (Å²) in [4.78, 5) is 11.0. The van der Waals surface area contributed by atoms with Crippen LogP contribution in [0.25, 0.3) is 0 Å². The minimum atomic E-state index is -0.351. The molecule has 100 valence electrons. The Morgan fingerprint density at radius 3 is 2.71 bits per heavy atom. The van der Waals surface area contributed by atoms with Crippen molar-refractivity contribution in [2.45, 2.75) is 51.2 Å². The van der Waals surface area contributed by atoms with Crippen LogP contribution in [0, 0.1) is 0 Å². The predicted molar refractivity (Wildman–Crippen MR) is 65.8 cm³/mol. The fourth-order valence-electron chi connectivity index (χ4n) is 1.95. The first-order chi connectivity index (χ1) is 8.22. The van der Waals surface area contributed by atoms with Gasteiger partial charge < -0.3 is 20.5 Å². The van der Waals surface area contributed by atoms with Gasteiger partial charge in [0.1, 0.15) is 0 Å². The molecule has 1 aliphatic carbocycles. The maximum absolute atomic E-state index is 11.0. The molecule has 5 heteroatoms. The molecule has 0 radical (unpaired) electrons. The standard InChI is InChI=1S/C12H24N2O3/c1-2-16-12(15)14-8-3-9-17-11-6-4-10(13)5-7-11/h10-11H,2-9,13H2,1H3,(H,14,15). The van der Waals surface area contributed by atoms with E-state index in [1.165, 1.54) is 0 Å². The van der Waals surface area contributed by atoms with E-state index in [9.17, 15) is 4.79 Å². The molecule has 3 N–H and O–H groups in total. The average Bonchev–Trinajstić information content (AvgIpc) is 2.31. The first-order valence-electron chi connectivity index (χ1n) is 6.50. The first kappa shape index (κ1) is 14.3. The fraction of sp³-hybridized carbons (Fsp3) is 0.917. The molecular formula is C12H24N2O3. The van der Waals surface area contributed by atoms with Gasteiger partial charge in [-0.1, -0.05) is 0 Å². The second kappa shape index (κ2) is 8.31. The molecule has 0 aromatic heterocycles. The monoisotopic (exact) mass is 244 g/mol. The Balaban J connectivity index is 1.92. The topological polar surface area (TPSA) is 73.6 Å². The van der Waals surface area contributed by atoms with Crippen LogP contribution in [0.1, 0.15) is 39.0 Å². The summed E-state index contributed by atoms with van der Waals surface area (Å²) in [7, 11) is 0. The van der Waals surface area contributed by atoms with Crippen molar-refractivity contribution in [1.29, 1.82) is 0 Å². The molecule has 0 aromatic carbocycles. The Kier molecular flexibility index (Phi) is 6.96. The third kappa shape index (κ3) is 6.48. The van der Waals surface area contributed by atoms with Crippen molar-refractivity contribution in [2.24, 2.45) is 5.73 Å². The van der Waals surface area contributed by atoms with Gasteiger partial charge in [0.2, 0.25) is 0 Å². The van der Waals surface area contributed by atoms with Crippen LogP contribution >= 0.6 is 0 Å². The molecule has 1 aliphatic rings. The van der Waals surface area contributed by atoms with Gasteiger partial charge in [0.25, 0.3) is 0 Å². The lowest BCUT2D eigenvalue weighted by molar-refractivity contribution is 0.0240. The van der Waals surface area contributed by atoms with E-state index in [-0.39, 0.29) is 6.09 Å². The Morgan fingerprint density at radius 2 is 2.06 bits per heavy atom. The van der Waals surface area contributed by atoms with E-state index in [1.807, 2.05) is 0 Å². The Bertz CT molecular complexity index is 216. The molecule has 0 spiro atoms. The summed E-state index contributed by atoms with van der Waals surface area (Å²) in [6.07, 6.45) is 5.08. The molecule has 17 heavy (non-hydrogen) atoms. The van der Waals surface area contributed by atoms with Crippen molar-refractivity contribution in [3.05, 3.63) is 0 Å². The van der Waals surface area contributed by atoms with Crippen molar-refractivity contribution in [1.82, 2.24) is 5.32 Å². The number of rotatable bonds is 6. The summed E-state index contributed by atoms with van der Waals surface area (Å²) in [5.74, 6) is 0. The summed E-state index contributed by atoms with van der Waals surface area (Å²) in [6, 6.07) is 0.361. The van der Waals surface area contributed by atoms with Crippen molar-refractivity contribution in [3.8, 4) is 0 Å². The highest BCUT2D eigenvalue weighted by Gasteiger charge is 2.18. The zero-order valence-electron chi connectivity index (χ0n) is 10.6. The van der Waals surface area contributed by atoms with Crippen LogP contribution in [-0.2, 0) is 9.47 Å². The number of alkyl carbamates (subject to hydrolysis) is 1. The summed E-state index contributed by atoms with van der Waals surface area (Å²) >= 11 is 0. The van der Waals surface area contributed by atoms with E-state index in [1.54, 1.807) is 6.92 Å². The van der Waals surface area contributed by atoms with Crippen LogP contribution in [0.4, 0.5) is 4.79 Å². The Hall–Kier alpha value is -0.810. The first-order valence-corrected chi connectivity index (χ1v) is 6.50. The molecule has 1 fully saturated rings. The summed E-state index contributed by atoms with van der Waals surface area (Å²) in [5.41, 5.74) is 5.82. The van der Waals surface area contributed by atoms with Gasteiger partial charge in [0.15, 0.2) is 0 Å². The molecule has 0 heterocycles. The van der Waals surface area contributed by atoms with E-state index in [0.29, 0.717) is 31.9 Å². The largest absolute Gasteiger partial charge is 0.450 e. The fourth-order valence-corrected chi connectivity index (χ4v) is 1.95. The van der Waals surface area contributed by atoms with Gasteiger partial charge in [-0.2, -0.15) is 0 Å². The minimum Gasteiger partial charge on any atom is -0.450 e. The molecule has 0 bridgehead atoms. The van der Waals surface area contributed by atoms with Crippen LogP contribution in [0.3, 0.4) is 0 Å². The Labute approximate surface area is 103 Å². The summed E-state index contributed by atoms with van der Waals surface area (Å²) in [6.45, 7) is 3.48. The number of amides is 1. The molecule has 1 saturated carbocycles. The zero-order valence-corrected chi connectivity index (χ0v) is 10.6. The number of ether oxygens (including phenoxy) is 2. The normalized spacial score (nSPS) is 24.4. The van der Waals surface area contributed by atoms with Crippen LogP contribution in [-0.4, -0.2) is 38.0 Å². The highest BCUT2D eigenvalue weighted by atomic mass is 16.5. The van der Waals surface area contributed by atoms with Gasteiger partial charge in [-0.05, 0) is 39.0 Å². The van der Waals surface area contributed by atoms with Crippen LogP contribution < -0.4 is 11.1 Å². The predicted octanol–water partition coefficient (Wildman–Crippen LogP) is 1.41. The lowest BCUT2D eigenvalue weighted by Crippen LogP contribution is -2.31. The molecule has 0 aromatic rings. The molecule has 0 aliphatic heterocycles. The smallest absolute Gasteiger partial charge is 0.407 e. The lowest BCUT2D eigenvalue weighted by Gasteiger charge is -2.26. The van der Waals surface area contributed by atoms with Gasteiger partial charge in [0, 0.05) is 19.2 Å². The number of nitrogens with one attached hydrogen (secondary N) is 1. The van der Waals surface area contributed by atoms with Gasteiger partial charge in [-0.3, -0.25) is 0 Å². The molecule has 1 amide bonds. The Morgan fingerprint density at radius 1 is 1.35 bits per heavy atom. The van der Waals surface area contributed by atoms with Crippen LogP contribution in [0.15, 0.2) is 0 Å². The van der Waals surface area contributed by atoms with E-state index >= 15 is 0 Å². The maximum atomic E-state index is 11.0. The van der Waals surface area contributed by atoms with Gasteiger partial charge in [-0.25, -0.2) is 4.79 Å². The van der Waals surface area contributed by atoms with Crippen LogP contribution in [0.2, 0.25) is 0 Å². The molecule has 5 nitrogen and oxygen atoms in total. The zero-order chi connectivity index (χ0) is 12.5. The molecule has 0 saturated heterocycles. The number of nitrogens with two attached hydrogens (primary N) is 1. The average molecular weight is 244 g/mol. The van der Waals surface area contributed by atoms with Crippen LogP contribution in [0.5, 0.6) is 0 Å². The van der Waals surface area contributed by atoms with E-state index < -0.39 is 0 Å². The number of carbonyl (C=O) groups excluding carboxylic acids is 1. The second-order valence-corrected chi connectivity index (χ2v) is 4.41. The van der Waals surface area contributed by atoms with Crippen molar-refractivity contribution >= 4 is 6.09 Å². The highest BCUT2D eigenvalue weighted by Crippen LogP contribution is 2.19. The number of hydrogen-bond acceptors (Lipinski definition) is 4. The number of hydrogen-bond donors (Lipinski definition) is 2. The summed E-state index contributed by atoms with van der Waals surface area (Å²) in [5, 5.41) is 2.67. The maximum Gasteiger partial charge on any atom is 0.407 e. The second-order valence-electron chi connectivity index (χ2n) is 4.41. The molecule has 0 atom stereocenters. The van der Waals surface area contributed by atoms with E-state index in [0.717, 1.165) is 32.1 Å². The molecular weight excluding hydrogens is 220 g/mol. The number of carbonyl (C=O) groups is 1. The third-order valence-electron chi connectivity index (χ3n) is 2.94. The SMILES string of the molecule is CCOC(=O)NCCCOC1CCC(N)CC1. The van der Waals surface area contributed by atoms with E-state index in [2.05, 4.69) is 5.32 Å². The van der Waals surface area contributed by atoms with Gasteiger partial charge >= 0.3 is 6.09 Å². The minimum absolute atomic E-state index is 0.351. The van der Waals surface area contributed by atoms with Crippen molar-refractivity contribution < 1.29 is 14.3 Å². The van der Waals surface area contributed by atoms with Gasteiger partial charge in [-0.15, -0.1) is 0 Å². The third-order valence-corrected chi connectivity index (χ3v) is 2.94. The lowest BCUT2D eigenvalue weighted by atomic mass is 9.94. The van der Waals surface area contributed by atoms with Crippen molar-refractivity contribution in [3.63, 3.8) is 0 Å².